The Morgan fingerprint density at radius 1 is 1.64 bits per heavy atom. The lowest BCUT2D eigenvalue weighted by atomic mass is 10.3. The monoisotopic (exact) mass is 194 g/mol. The zero-order chi connectivity index (χ0) is 11.0. The number of rotatable bonds is 5. The van der Waals surface area contributed by atoms with E-state index in [2.05, 4.69) is 12.5 Å². The summed E-state index contributed by atoms with van der Waals surface area (Å²) in [7, 11) is 0. The van der Waals surface area contributed by atoms with E-state index in [-0.39, 0.29) is 5.97 Å². The predicted octanol–water partition coefficient (Wildman–Crippen LogP) is 0.206. The standard InChI is InChI=1S/C11H15NO2/c1-5-6-12-8-10(4)14-11(13)7-9(2)3/h1,7,12H,4,6,8H2,2-3H3/p+1. The van der Waals surface area contributed by atoms with Gasteiger partial charge in [0.05, 0.1) is 0 Å². The van der Waals surface area contributed by atoms with Gasteiger partial charge < -0.3 is 10.1 Å². The van der Waals surface area contributed by atoms with Gasteiger partial charge in [0.2, 0.25) is 0 Å². The van der Waals surface area contributed by atoms with Crippen molar-refractivity contribution in [3.63, 3.8) is 0 Å². The van der Waals surface area contributed by atoms with Crippen LogP contribution in [0.2, 0.25) is 0 Å². The van der Waals surface area contributed by atoms with E-state index in [1.807, 2.05) is 19.2 Å². The summed E-state index contributed by atoms with van der Waals surface area (Å²) in [5.74, 6) is 2.49. The number of hydrogen-bond acceptors (Lipinski definition) is 2. The third kappa shape index (κ3) is 7.14. The fourth-order valence-electron chi connectivity index (χ4n) is 0.766. The number of carbonyl (C=O) groups is 1. The van der Waals surface area contributed by atoms with Gasteiger partial charge in [0, 0.05) is 6.08 Å². The number of quaternary nitrogens is 1. The first-order valence-electron chi connectivity index (χ1n) is 4.36. The molecule has 0 amide bonds. The molecule has 2 N–H and O–H groups in total. The van der Waals surface area contributed by atoms with Crippen molar-refractivity contribution in [1.82, 2.24) is 0 Å². The largest absolute Gasteiger partial charge is 0.422 e. The molecule has 76 valence electrons. The SMILES string of the molecule is C#CC[NH2+]CC(=C)OC(=O)C=C(C)C. The number of ether oxygens (including phenoxy) is 1. The van der Waals surface area contributed by atoms with Gasteiger partial charge in [0.1, 0.15) is 13.1 Å². The van der Waals surface area contributed by atoms with Crippen LogP contribution in [0.5, 0.6) is 0 Å². The van der Waals surface area contributed by atoms with Crippen molar-refractivity contribution in [3.05, 3.63) is 24.0 Å². The van der Waals surface area contributed by atoms with Gasteiger partial charge in [0.15, 0.2) is 5.76 Å². The Morgan fingerprint density at radius 2 is 2.29 bits per heavy atom. The average molecular weight is 194 g/mol. The van der Waals surface area contributed by atoms with Crippen molar-refractivity contribution in [2.24, 2.45) is 0 Å². The van der Waals surface area contributed by atoms with Crippen molar-refractivity contribution in [1.29, 1.82) is 0 Å². The highest BCUT2D eigenvalue weighted by molar-refractivity contribution is 5.83. The number of hydrogen-bond donors (Lipinski definition) is 1. The van der Waals surface area contributed by atoms with Gasteiger partial charge in [-0.25, -0.2) is 4.79 Å². The summed E-state index contributed by atoms with van der Waals surface area (Å²) in [6.45, 7) is 8.32. The first-order valence-corrected chi connectivity index (χ1v) is 4.36. The topological polar surface area (TPSA) is 42.9 Å². The molecule has 0 aliphatic carbocycles. The molecule has 0 aliphatic rings. The first kappa shape index (κ1) is 12.5. The highest BCUT2D eigenvalue weighted by Gasteiger charge is 2.02. The molecular weight excluding hydrogens is 178 g/mol. The van der Waals surface area contributed by atoms with Gasteiger partial charge in [-0.2, -0.15) is 0 Å². The molecule has 3 nitrogen and oxygen atoms in total. The predicted molar refractivity (Wildman–Crippen MR) is 55.2 cm³/mol. The maximum absolute atomic E-state index is 11.1. The maximum atomic E-state index is 11.1. The van der Waals surface area contributed by atoms with Crippen molar-refractivity contribution in [2.45, 2.75) is 13.8 Å². The number of carbonyl (C=O) groups excluding carboxylic acids is 1. The Balaban J connectivity index is 3.79. The molecule has 3 heteroatoms. The van der Waals surface area contributed by atoms with Crippen molar-refractivity contribution in [3.8, 4) is 12.3 Å². The third-order valence-electron chi connectivity index (χ3n) is 1.29. The molecule has 0 aliphatic heterocycles. The Morgan fingerprint density at radius 3 is 2.79 bits per heavy atom. The second-order valence-corrected chi connectivity index (χ2v) is 3.08. The van der Waals surface area contributed by atoms with E-state index < -0.39 is 0 Å². The first-order chi connectivity index (χ1) is 6.56. The molecule has 0 radical (unpaired) electrons. The minimum Gasteiger partial charge on any atom is -0.422 e. The van der Waals surface area contributed by atoms with Crippen LogP contribution in [-0.2, 0) is 9.53 Å². The fourth-order valence-corrected chi connectivity index (χ4v) is 0.766. The lowest BCUT2D eigenvalue weighted by molar-refractivity contribution is -0.639. The van der Waals surface area contributed by atoms with E-state index in [0.717, 1.165) is 5.57 Å². The van der Waals surface area contributed by atoms with E-state index in [1.165, 1.54) is 6.08 Å². The van der Waals surface area contributed by atoms with Crippen LogP contribution < -0.4 is 5.32 Å². The smallest absolute Gasteiger partial charge is 0.335 e. The molecule has 0 rings (SSSR count). The van der Waals surface area contributed by atoms with E-state index in [9.17, 15) is 4.79 Å². The quantitative estimate of drug-likeness (QED) is 0.223. The second kappa shape index (κ2) is 6.93. The van der Waals surface area contributed by atoms with Crippen LogP contribution in [0.1, 0.15) is 13.8 Å². The van der Waals surface area contributed by atoms with Crippen LogP contribution in [-0.4, -0.2) is 19.1 Å². The number of nitrogens with two attached hydrogens (primary N) is 1. The van der Waals surface area contributed by atoms with Gasteiger partial charge in [-0.15, -0.1) is 6.42 Å². The lowest BCUT2D eigenvalue weighted by Crippen LogP contribution is -2.84. The summed E-state index contributed by atoms with van der Waals surface area (Å²) < 4.78 is 4.90. The summed E-state index contributed by atoms with van der Waals surface area (Å²) in [4.78, 5) is 11.1. The van der Waals surface area contributed by atoms with Crippen LogP contribution in [0.4, 0.5) is 0 Å². The molecule has 0 saturated carbocycles. The molecule has 14 heavy (non-hydrogen) atoms. The van der Waals surface area contributed by atoms with Crippen LogP contribution in [0.15, 0.2) is 24.0 Å². The van der Waals surface area contributed by atoms with Gasteiger partial charge in [-0.1, -0.05) is 12.2 Å². The zero-order valence-corrected chi connectivity index (χ0v) is 8.67. The fraction of sp³-hybridized carbons (Fsp3) is 0.364. The molecule has 0 fully saturated rings. The van der Waals surface area contributed by atoms with E-state index in [1.54, 1.807) is 0 Å². The van der Waals surface area contributed by atoms with E-state index >= 15 is 0 Å². The Hall–Kier alpha value is -1.53. The molecule has 0 aromatic rings. The third-order valence-corrected chi connectivity index (χ3v) is 1.29. The molecule has 0 spiro atoms. The van der Waals surface area contributed by atoms with Crippen LogP contribution in [0.3, 0.4) is 0 Å². The Kier molecular flexibility index (Phi) is 6.17. The molecule has 0 unspecified atom stereocenters. The normalized spacial score (nSPS) is 8.64. The summed E-state index contributed by atoms with van der Waals surface area (Å²) in [6.07, 6.45) is 6.48. The molecule has 0 heterocycles. The molecule has 0 bridgehead atoms. The van der Waals surface area contributed by atoms with Crippen molar-refractivity contribution >= 4 is 5.97 Å². The minimum atomic E-state index is -0.385. The van der Waals surface area contributed by atoms with E-state index in [4.69, 9.17) is 11.2 Å². The summed E-state index contributed by atoms with van der Waals surface area (Å²) >= 11 is 0. The summed E-state index contributed by atoms with van der Waals surface area (Å²) in [5, 5.41) is 1.83. The minimum absolute atomic E-state index is 0.385. The van der Waals surface area contributed by atoms with Crippen LogP contribution >= 0.6 is 0 Å². The molecular formula is C11H16NO2+. The number of esters is 1. The van der Waals surface area contributed by atoms with Gasteiger partial charge in [-0.3, -0.25) is 0 Å². The van der Waals surface area contributed by atoms with Gasteiger partial charge in [-0.05, 0) is 19.8 Å². The van der Waals surface area contributed by atoms with Crippen molar-refractivity contribution < 1.29 is 14.8 Å². The summed E-state index contributed by atoms with van der Waals surface area (Å²) in [6, 6.07) is 0. The zero-order valence-electron chi connectivity index (χ0n) is 8.67. The number of terminal acetylenes is 1. The maximum Gasteiger partial charge on any atom is 0.335 e. The summed E-state index contributed by atoms with van der Waals surface area (Å²) in [5.41, 5.74) is 0.899. The van der Waals surface area contributed by atoms with Gasteiger partial charge >= 0.3 is 5.97 Å². The second-order valence-electron chi connectivity index (χ2n) is 3.08. The molecule has 0 aromatic carbocycles. The van der Waals surface area contributed by atoms with E-state index in [0.29, 0.717) is 18.8 Å². The highest BCUT2D eigenvalue weighted by atomic mass is 16.5. The van der Waals surface area contributed by atoms with Gasteiger partial charge in [0.25, 0.3) is 0 Å². The van der Waals surface area contributed by atoms with Crippen LogP contribution in [0.25, 0.3) is 0 Å². The average Bonchev–Trinajstić information content (AvgIpc) is 2.02. The Labute approximate surface area is 84.8 Å². The lowest BCUT2D eigenvalue weighted by Gasteiger charge is -2.02. The van der Waals surface area contributed by atoms with Crippen LogP contribution in [0, 0.1) is 12.3 Å². The Bertz CT molecular complexity index is 280. The number of allylic oxidation sites excluding steroid dienone is 1. The molecule has 0 atom stereocenters. The highest BCUT2D eigenvalue weighted by Crippen LogP contribution is 1.95. The van der Waals surface area contributed by atoms with Crippen molar-refractivity contribution in [2.75, 3.05) is 13.1 Å². The molecule has 0 saturated heterocycles. The molecule has 0 aromatic heterocycles.